The van der Waals surface area contributed by atoms with Crippen molar-refractivity contribution >= 4 is 40.3 Å². The molecule has 3 aromatic rings. The molecule has 39 heavy (non-hydrogen) atoms. The summed E-state index contributed by atoms with van der Waals surface area (Å²) in [5.41, 5.74) is 5.82. The molecule has 3 rings (SSSR count). The fraction of sp³-hybridized carbons (Fsp3) is 0.500. The average molecular weight is 571 g/mol. The number of nitrogens with zero attached hydrogens (tertiary/aromatic N) is 1. The molecule has 5 nitrogen and oxygen atoms in total. The van der Waals surface area contributed by atoms with Gasteiger partial charge in [-0.2, -0.15) is 4.57 Å². The van der Waals surface area contributed by atoms with E-state index in [0.29, 0.717) is 23.1 Å². The van der Waals surface area contributed by atoms with Crippen LogP contribution >= 0.6 is 22.9 Å². The van der Waals surface area contributed by atoms with Crippen molar-refractivity contribution < 1.29 is 14.1 Å². The minimum atomic E-state index is -0.330. The maximum atomic E-state index is 12.7. The van der Waals surface area contributed by atoms with Gasteiger partial charge in [0.05, 0.1) is 22.7 Å². The summed E-state index contributed by atoms with van der Waals surface area (Å²) in [5, 5.41) is 8.42. The van der Waals surface area contributed by atoms with Crippen molar-refractivity contribution in [3.63, 3.8) is 0 Å². The fourth-order valence-electron chi connectivity index (χ4n) is 4.56. The molecular formula is C32H45ClN3O2S+. The number of halogens is 1. The number of thiazole rings is 1. The molecule has 0 saturated carbocycles. The van der Waals surface area contributed by atoms with Gasteiger partial charge in [0.25, 0.3) is 0 Å². The van der Waals surface area contributed by atoms with E-state index in [-0.39, 0.29) is 6.03 Å². The number of rotatable bonds is 18. The number of aryl methyl sites for hydroxylation is 1. The zero-order valence-electron chi connectivity index (χ0n) is 23.6. The number of carbonyl (C=O) groups excluding carboxylic acids is 1. The largest absolute Gasteiger partial charge is 0.490 e. The third kappa shape index (κ3) is 11.6. The lowest BCUT2D eigenvalue weighted by molar-refractivity contribution is -0.689. The van der Waals surface area contributed by atoms with Crippen molar-refractivity contribution in [1.82, 2.24) is 0 Å². The van der Waals surface area contributed by atoms with Gasteiger partial charge in [0.1, 0.15) is 0 Å². The van der Waals surface area contributed by atoms with Gasteiger partial charge < -0.3 is 15.4 Å². The molecule has 0 spiro atoms. The first-order chi connectivity index (χ1) is 19.1. The first-order valence-corrected chi connectivity index (χ1v) is 15.9. The molecule has 212 valence electrons. The average Bonchev–Trinajstić information content (AvgIpc) is 3.33. The van der Waals surface area contributed by atoms with Crippen LogP contribution in [0, 0.1) is 6.92 Å². The normalized spacial score (nSPS) is 10.9. The smallest absolute Gasteiger partial charge is 0.323 e. The quantitative estimate of drug-likeness (QED) is 0.118. The summed E-state index contributed by atoms with van der Waals surface area (Å²) < 4.78 is 8.22. The Morgan fingerprint density at radius 2 is 1.51 bits per heavy atom. The molecule has 7 heteroatoms. The monoisotopic (exact) mass is 570 g/mol. The van der Waals surface area contributed by atoms with Gasteiger partial charge in [-0.1, -0.05) is 119 Å². The van der Waals surface area contributed by atoms with Crippen LogP contribution in [0.1, 0.15) is 95.2 Å². The van der Waals surface area contributed by atoms with E-state index in [4.69, 9.17) is 16.3 Å². The van der Waals surface area contributed by atoms with Gasteiger partial charge in [-0.25, -0.2) is 4.79 Å². The predicted octanol–water partition coefficient (Wildman–Crippen LogP) is 9.77. The molecule has 2 amide bonds. The number of nitrogens with one attached hydrogen (secondary N) is 2. The zero-order chi connectivity index (χ0) is 27.7. The summed E-state index contributed by atoms with van der Waals surface area (Å²) in [7, 11) is 0. The highest BCUT2D eigenvalue weighted by Gasteiger charge is 2.13. The number of para-hydroxylation sites is 1. The minimum Gasteiger partial charge on any atom is -0.490 e. The van der Waals surface area contributed by atoms with Gasteiger partial charge in [-0.05, 0) is 30.7 Å². The maximum absolute atomic E-state index is 12.7. The van der Waals surface area contributed by atoms with E-state index < -0.39 is 0 Å². The summed E-state index contributed by atoms with van der Waals surface area (Å²) in [4.78, 5) is 12.7. The Balaban J connectivity index is 1.35. The van der Waals surface area contributed by atoms with Crippen LogP contribution in [0.4, 0.5) is 16.2 Å². The van der Waals surface area contributed by atoms with Crippen molar-refractivity contribution in [2.75, 3.05) is 17.2 Å². The highest BCUT2D eigenvalue weighted by molar-refractivity contribution is 7.07. The predicted molar refractivity (Wildman–Crippen MR) is 165 cm³/mol. The Morgan fingerprint density at radius 1 is 0.872 bits per heavy atom. The number of anilines is 2. The number of hydrogen-bond donors (Lipinski definition) is 2. The molecule has 0 bridgehead atoms. The Labute approximate surface area is 243 Å². The van der Waals surface area contributed by atoms with Crippen LogP contribution in [0.15, 0.2) is 53.4 Å². The Bertz CT molecular complexity index is 1120. The number of ether oxygens (including phenoxy) is 1. The van der Waals surface area contributed by atoms with Crippen LogP contribution in [-0.2, 0) is 6.54 Å². The van der Waals surface area contributed by atoms with E-state index in [2.05, 4.69) is 39.9 Å². The summed E-state index contributed by atoms with van der Waals surface area (Å²) in [5.74, 6) is 0.524. The Hall–Kier alpha value is -2.57. The SMILES string of the molecule is CCCCCCCCCCCCCCOc1c(Cl)cccc1NC(=O)Nc1ccc(C[n+]2cscc2C)cc1. The first kappa shape index (κ1) is 31.0. The summed E-state index contributed by atoms with van der Waals surface area (Å²) in [6.45, 7) is 5.76. The molecule has 0 radical (unpaired) electrons. The van der Waals surface area contributed by atoms with Gasteiger partial charge in [0, 0.05) is 18.2 Å². The first-order valence-electron chi connectivity index (χ1n) is 14.6. The second-order valence-electron chi connectivity index (χ2n) is 10.3. The van der Waals surface area contributed by atoms with Crippen LogP contribution < -0.4 is 19.9 Å². The molecule has 0 unspecified atom stereocenters. The summed E-state index contributed by atoms with van der Waals surface area (Å²) in [6.07, 6.45) is 15.6. The van der Waals surface area contributed by atoms with Crippen LogP contribution in [-0.4, -0.2) is 12.6 Å². The molecule has 2 N–H and O–H groups in total. The summed E-state index contributed by atoms with van der Waals surface area (Å²) in [6, 6.07) is 13.0. The Kier molecular flexibility index (Phi) is 14.2. The number of aromatic nitrogens is 1. The van der Waals surface area contributed by atoms with Gasteiger partial charge in [-0.3, -0.25) is 0 Å². The third-order valence-corrected chi connectivity index (χ3v) is 8.05. The number of unbranched alkanes of at least 4 members (excludes halogenated alkanes) is 11. The van der Waals surface area contributed by atoms with Crippen LogP contribution in [0.25, 0.3) is 0 Å². The van der Waals surface area contributed by atoms with Gasteiger partial charge in [-0.15, -0.1) is 0 Å². The van der Waals surface area contributed by atoms with Crippen LogP contribution in [0.2, 0.25) is 5.02 Å². The topological polar surface area (TPSA) is 54.2 Å². The standard InChI is InChI=1S/C32H44ClN3O2S/c1-3-4-5-6-7-8-9-10-11-12-13-14-22-38-31-29(33)16-15-17-30(31)35-32(37)34-28-20-18-27(19-21-28)23-36-25-39-24-26(36)2/h15-21,24-25H,3-14,22-23H2,1-2H3,(H-,34,35,37)/p+1. The van der Waals surface area contributed by atoms with Crippen LogP contribution in [0.3, 0.4) is 0 Å². The van der Waals surface area contributed by atoms with E-state index in [1.807, 2.05) is 36.4 Å². The molecule has 0 aliphatic rings. The summed E-state index contributed by atoms with van der Waals surface area (Å²) >= 11 is 8.10. The van der Waals surface area contributed by atoms with E-state index in [1.165, 1.54) is 75.5 Å². The number of amides is 2. The highest BCUT2D eigenvalue weighted by atomic mass is 35.5. The zero-order valence-corrected chi connectivity index (χ0v) is 25.2. The third-order valence-electron chi connectivity index (χ3n) is 6.90. The van der Waals surface area contributed by atoms with E-state index in [1.54, 1.807) is 17.4 Å². The van der Waals surface area contributed by atoms with Crippen molar-refractivity contribution in [3.05, 3.63) is 69.6 Å². The second-order valence-corrected chi connectivity index (χ2v) is 11.4. The lowest BCUT2D eigenvalue weighted by atomic mass is 10.1. The molecule has 1 aromatic heterocycles. The lowest BCUT2D eigenvalue weighted by Crippen LogP contribution is -2.34. The number of urea groups is 1. The van der Waals surface area contributed by atoms with Gasteiger partial charge in [0.2, 0.25) is 5.51 Å². The molecule has 2 aromatic carbocycles. The molecule has 0 atom stereocenters. The molecule has 0 saturated heterocycles. The van der Waals surface area contributed by atoms with Crippen molar-refractivity contribution in [2.45, 2.75) is 97.4 Å². The fourth-order valence-corrected chi connectivity index (χ4v) is 5.57. The van der Waals surface area contributed by atoms with E-state index in [9.17, 15) is 4.79 Å². The van der Waals surface area contributed by atoms with E-state index in [0.717, 1.165) is 25.1 Å². The molecule has 0 aliphatic carbocycles. The maximum Gasteiger partial charge on any atom is 0.323 e. The van der Waals surface area contributed by atoms with E-state index >= 15 is 0 Å². The number of hydrogen-bond acceptors (Lipinski definition) is 3. The number of carbonyl (C=O) groups is 1. The van der Waals surface area contributed by atoms with Crippen LogP contribution in [0.5, 0.6) is 5.75 Å². The molecule has 0 aliphatic heterocycles. The van der Waals surface area contributed by atoms with Crippen molar-refractivity contribution in [1.29, 1.82) is 0 Å². The lowest BCUT2D eigenvalue weighted by Gasteiger charge is -2.14. The highest BCUT2D eigenvalue weighted by Crippen LogP contribution is 2.33. The molecular weight excluding hydrogens is 526 g/mol. The Morgan fingerprint density at radius 3 is 2.13 bits per heavy atom. The number of benzene rings is 2. The van der Waals surface area contributed by atoms with Crippen molar-refractivity contribution in [3.8, 4) is 5.75 Å². The molecule has 0 fully saturated rings. The van der Waals surface area contributed by atoms with Gasteiger partial charge in [0.15, 0.2) is 18.0 Å². The second kappa shape index (κ2) is 17.9. The van der Waals surface area contributed by atoms with Crippen molar-refractivity contribution in [2.24, 2.45) is 0 Å². The molecule has 1 heterocycles. The minimum absolute atomic E-state index is 0.330. The van der Waals surface area contributed by atoms with Gasteiger partial charge >= 0.3 is 6.03 Å².